The Balaban J connectivity index is 1.66. The molecule has 98 valence electrons. The molecule has 0 amide bonds. The van der Waals surface area contributed by atoms with Crippen LogP contribution in [0.1, 0.15) is 44.2 Å². The fourth-order valence-electron chi connectivity index (χ4n) is 3.26. The third-order valence-corrected chi connectivity index (χ3v) is 4.16. The van der Waals surface area contributed by atoms with Gasteiger partial charge in [0.25, 0.3) is 0 Å². The third-order valence-electron chi connectivity index (χ3n) is 4.16. The maximum absolute atomic E-state index is 6.05. The molecular formula is C14H21N3O. The van der Waals surface area contributed by atoms with Gasteiger partial charge in [-0.15, -0.1) is 0 Å². The Morgan fingerprint density at radius 2 is 2.17 bits per heavy atom. The summed E-state index contributed by atoms with van der Waals surface area (Å²) in [6.45, 7) is 2.87. The monoisotopic (exact) mass is 247 g/mol. The summed E-state index contributed by atoms with van der Waals surface area (Å²) in [5, 5.41) is 3.54. The van der Waals surface area contributed by atoms with Gasteiger partial charge >= 0.3 is 0 Å². The highest BCUT2D eigenvalue weighted by Gasteiger charge is 2.39. The second-order valence-electron chi connectivity index (χ2n) is 5.62. The van der Waals surface area contributed by atoms with Crippen molar-refractivity contribution in [1.29, 1.82) is 0 Å². The molecule has 0 aromatic carbocycles. The van der Waals surface area contributed by atoms with Crippen LogP contribution in [0.4, 0.5) is 5.82 Å². The molecule has 3 rings (SSSR count). The Morgan fingerprint density at radius 1 is 1.33 bits per heavy atom. The zero-order chi connectivity index (χ0) is 12.4. The lowest BCUT2D eigenvalue weighted by atomic mass is 9.89. The summed E-state index contributed by atoms with van der Waals surface area (Å²) in [5.74, 6) is 0.947. The van der Waals surface area contributed by atoms with E-state index in [4.69, 9.17) is 4.74 Å². The van der Waals surface area contributed by atoms with Gasteiger partial charge in [-0.05, 0) is 32.6 Å². The standard InChI is InChI=1S/C14H21N3O/c1-11-8-13(16-10-15-11)17-12-4-7-18-14(9-12)5-2-3-6-14/h8,10,12H,2-7,9H2,1H3,(H,15,16,17). The fourth-order valence-corrected chi connectivity index (χ4v) is 3.26. The van der Waals surface area contributed by atoms with E-state index in [0.29, 0.717) is 6.04 Å². The summed E-state index contributed by atoms with van der Waals surface area (Å²) in [6, 6.07) is 2.50. The van der Waals surface area contributed by atoms with Crippen molar-refractivity contribution >= 4 is 5.82 Å². The third kappa shape index (κ3) is 2.48. The van der Waals surface area contributed by atoms with Crippen LogP contribution < -0.4 is 5.32 Å². The van der Waals surface area contributed by atoms with E-state index in [2.05, 4.69) is 15.3 Å². The van der Waals surface area contributed by atoms with E-state index in [-0.39, 0.29) is 5.60 Å². The topological polar surface area (TPSA) is 47.0 Å². The van der Waals surface area contributed by atoms with Gasteiger partial charge in [-0.3, -0.25) is 0 Å². The van der Waals surface area contributed by atoms with Gasteiger partial charge in [0.2, 0.25) is 0 Å². The van der Waals surface area contributed by atoms with Crippen LogP contribution in [0.3, 0.4) is 0 Å². The molecule has 4 nitrogen and oxygen atoms in total. The number of nitrogens with one attached hydrogen (secondary N) is 1. The van der Waals surface area contributed by atoms with Gasteiger partial charge in [0, 0.05) is 24.4 Å². The predicted molar refractivity (Wildman–Crippen MR) is 70.6 cm³/mol. The number of aromatic nitrogens is 2. The number of aryl methyl sites for hydroxylation is 1. The minimum Gasteiger partial charge on any atom is -0.375 e. The first-order chi connectivity index (χ1) is 8.76. The van der Waals surface area contributed by atoms with Crippen LogP contribution in [0.2, 0.25) is 0 Å². The molecule has 2 aliphatic rings. The van der Waals surface area contributed by atoms with Crippen molar-refractivity contribution in [3.8, 4) is 0 Å². The molecule has 0 radical (unpaired) electrons. The average Bonchev–Trinajstić information content (AvgIpc) is 2.77. The largest absolute Gasteiger partial charge is 0.375 e. The maximum atomic E-state index is 6.05. The molecule has 1 aromatic rings. The predicted octanol–water partition coefficient (Wildman–Crippen LogP) is 2.69. The quantitative estimate of drug-likeness (QED) is 0.873. The maximum Gasteiger partial charge on any atom is 0.129 e. The minimum absolute atomic E-state index is 0.165. The van der Waals surface area contributed by atoms with Gasteiger partial charge in [-0.2, -0.15) is 0 Å². The first-order valence-corrected chi connectivity index (χ1v) is 6.95. The molecule has 1 spiro atoms. The number of rotatable bonds is 2. The number of anilines is 1. The minimum atomic E-state index is 0.165. The molecule has 2 heterocycles. The van der Waals surface area contributed by atoms with Gasteiger partial charge < -0.3 is 10.1 Å². The molecule has 1 saturated heterocycles. The summed E-state index contributed by atoms with van der Waals surface area (Å²) in [6.07, 6.45) is 8.92. The summed E-state index contributed by atoms with van der Waals surface area (Å²) in [5.41, 5.74) is 1.17. The van der Waals surface area contributed by atoms with Crippen molar-refractivity contribution in [1.82, 2.24) is 9.97 Å². The molecular weight excluding hydrogens is 226 g/mol. The first kappa shape index (κ1) is 11.9. The molecule has 1 aromatic heterocycles. The molecule has 1 saturated carbocycles. The van der Waals surface area contributed by atoms with Crippen LogP contribution in [0.5, 0.6) is 0 Å². The zero-order valence-corrected chi connectivity index (χ0v) is 11.0. The Morgan fingerprint density at radius 3 is 2.94 bits per heavy atom. The molecule has 4 heteroatoms. The average molecular weight is 247 g/mol. The molecule has 1 atom stereocenters. The molecule has 18 heavy (non-hydrogen) atoms. The number of hydrogen-bond donors (Lipinski definition) is 1. The van der Waals surface area contributed by atoms with Crippen molar-refractivity contribution in [2.75, 3.05) is 11.9 Å². The number of nitrogens with zero attached hydrogens (tertiary/aromatic N) is 2. The van der Waals surface area contributed by atoms with Crippen molar-refractivity contribution < 1.29 is 4.74 Å². The Kier molecular flexibility index (Phi) is 3.20. The van der Waals surface area contributed by atoms with Crippen LogP contribution in [0.15, 0.2) is 12.4 Å². The zero-order valence-electron chi connectivity index (χ0n) is 11.0. The summed E-state index contributed by atoms with van der Waals surface area (Å²) in [7, 11) is 0. The van der Waals surface area contributed by atoms with Crippen molar-refractivity contribution in [2.24, 2.45) is 0 Å². The Labute approximate surface area is 108 Å². The van der Waals surface area contributed by atoms with Crippen molar-refractivity contribution in [2.45, 2.75) is 57.1 Å². The van der Waals surface area contributed by atoms with E-state index in [0.717, 1.165) is 31.0 Å². The smallest absolute Gasteiger partial charge is 0.129 e. The highest BCUT2D eigenvalue weighted by atomic mass is 16.5. The highest BCUT2D eigenvalue weighted by Crippen LogP contribution is 2.40. The van der Waals surface area contributed by atoms with Crippen LogP contribution in [-0.4, -0.2) is 28.2 Å². The van der Waals surface area contributed by atoms with Gasteiger partial charge in [0.05, 0.1) is 5.60 Å². The second kappa shape index (κ2) is 4.84. The molecule has 1 unspecified atom stereocenters. The lowest BCUT2D eigenvalue weighted by molar-refractivity contribution is -0.0767. The Hall–Kier alpha value is -1.16. The normalized spacial score (nSPS) is 26.4. The van der Waals surface area contributed by atoms with E-state index in [9.17, 15) is 0 Å². The number of ether oxygens (including phenoxy) is 1. The van der Waals surface area contributed by atoms with Crippen LogP contribution in [0.25, 0.3) is 0 Å². The molecule has 1 N–H and O–H groups in total. The summed E-state index contributed by atoms with van der Waals surface area (Å²) >= 11 is 0. The lowest BCUT2D eigenvalue weighted by Crippen LogP contribution is -2.42. The van der Waals surface area contributed by atoms with Crippen LogP contribution >= 0.6 is 0 Å². The van der Waals surface area contributed by atoms with Gasteiger partial charge in [0.1, 0.15) is 12.1 Å². The van der Waals surface area contributed by atoms with Gasteiger partial charge in [-0.25, -0.2) is 9.97 Å². The second-order valence-corrected chi connectivity index (χ2v) is 5.62. The van der Waals surface area contributed by atoms with Gasteiger partial charge in [-0.1, -0.05) is 12.8 Å². The SMILES string of the molecule is Cc1cc(NC2CCOC3(CCCC3)C2)ncn1. The summed E-state index contributed by atoms with van der Waals surface area (Å²) in [4.78, 5) is 8.41. The van der Waals surface area contributed by atoms with E-state index in [1.165, 1.54) is 25.7 Å². The van der Waals surface area contributed by atoms with Crippen LogP contribution in [-0.2, 0) is 4.74 Å². The van der Waals surface area contributed by atoms with Crippen LogP contribution in [0, 0.1) is 6.92 Å². The van der Waals surface area contributed by atoms with Crippen molar-refractivity contribution in [3.63, 3.8) is 0 Å². The molecule has 1 aliphatic carbocycles. The van der Waals surface area contributed by atoms with E-state index in [1.54, 1.807) is 6.33 Å². The highest BCUT2D eigenvalue weighted by molar-refractivity contribution is 5.35. The van der Waals surface area contributed by atoms with Crippen molar-refractivity contribution in [3.05, 3.63) is 18.1 Å². The van der Waals surface area contributed by atoms with E-state index < -0.39 is 0 Å². The lowest BCUT2D eigenvalue weighted by Gasteiger charge is -2.38. The Bertz CT molecular complexity index is 415. The number of hydrogen-bond acceptors (Lipinski definition) is 4. The van der Waals surface area contributed by atoms with Gasteiger partial charge in [0.15, 0.2) is 0 Å². The molecule has 1 aliphatic heterocycles. The van der Waals surface area contributed by atoms with E-state index in [1.807, 2.05) is 13.0 Å². The molecule has 2 fully saturated rings. The summed E-state index contributed by atoms with van der Waals surface area (Å²) < 4.78 is 6.05. The first-order valence-electron chi connectivity index (χ1n) is 6.95. The fraction of sp³-hybridized carbons (Fsp3) is 0.714. The van der Waals surface area contributed by atoms with E-state index >= 15 is 0 Å². The molecule has 0 bridgehead atoms.